The van der Waals surface area contributed by atoms with Crippen molar-refractivity contribution in [1.29, 1.82) is 0 Å². The standard InChI is InChI=1S/C10H17FO2/c1-9(2,11)7-10(8-12)5-3-4-6-13-10/h8H,3-7H2,1-2H3. The van der Waals surface area contributed by atoms with Gasteiger partial charge >= 0.3 is 0 Å². The van der Waals surface area contributed by atoms with Gasteiger partial charge in [0, 0.05) is 13.0 Å². The average molecular weight is 188 g/mol. The first-order chi connectivity index (χ1) is 5.97. The molecule has 1 saturated heterocycles. The van der Waals surface area contributed by atoms with Gasteiger partial charge in [0.1, 0.15) is 11.3 Å². The van der Waals surface area contributed by atoms with Gasteiger partial charge in [-0.2, -0.15) is 0 Å². The maximum Gasteiger partial charge on any atom is 0.151 e. The van der Waals surface area contributed by atoms with E-state index >= 15 is 0 Å². The largest absolute Gasteiger partial charge is 0.367 e. The molecule has 0 amide bonds. The van der Waals surface area contributed by atoms with E-state index in [2.05, 4.69) is 0 Å². The SMILES string of the molecule is CC(C)(F)CC1(C=O)CCCCO1. The average Bonchev–Trinajstić information content (AvgIpc) is 2.03. The third kappa shape index (κ3) is 3.07. The van der Waals surface area contributed by atoms with Crippen molar-refractivity contribution in [1.82, 2.24) is 0 Å². The summed E-state index contributed by atoms with van der Waals surface area (Å²) in [6.07, 6.45) is 3.53. The molecule has 1 heterocycles. The molecule has 0 spiro atoms. The maximum absolute atomic E-state index is 13.4. The van der Waals surface area contributed by atoms with E-state index in [4.69, 9.17) is 4.74 Å². The molecule has 2 nitrogen and oxygen atoms in total. The number of hydrogen-bond donors (Lipinski definition) is 0. The van der Waals surface area contributed by atoms with Crippen LogP contribution in [0, 0.1) is 0 Å². The van der Waals surface area contributed by atoms with E-state index in [1.807, 2.05) is 0 Å². The third-order valence-electron chi connectivity index (χ3n) is 2.32. The van der Waals surface area contributed by atoms with E-state index in [0.29, 0.717) is 13.0 Å². The van der Waals surface area contributed by atoms with Crippen LogP contribution >= 0.6 is 0 Å². The van der Waals surface area contributed by atoms with Crippen LogP contribution in [0.5, 0.6) is 0 Å². The highest BCUT2D eigenvalue weighted by atomic mass is 19.1. The monoisotopic (exact) mass is 188 g/mol. The van der Waals surface area contributed by atoms with Crippen molar-refractivity contribution in [2.75, 3.05) is 6.61 Å². The van der Waals surface area contributed by atoms with Gasteiger partial charge in [-0.25, -0.2) is 4.39 Å². The van der Waals surface area contributed by atoms with Gasteiger partial charge in [0.25, 0.3) is 0 Å². The van der Waals surface area contributed by atoms with Gasteiger partial charge in [-0.05, 0) is 33.1 Å². The topological polar surface area (TPSA) is 26.3 Å². The number of rotatable bonds is 3. The maximum atomic E-state index is 13.4. The van der Waals surface area contributed by atoms with E-state index in [-0.39, 0.29) is 6.42 Å². The van der Waals surface area contributed by atoms with Crippen LogP contribution in [0.4, 0.5) is 4.39 Å². The zero-order valence-corrected chi connectivity index (χ0v) is 8.31. The minimum Gasteiger partial charge on any atom is -0.367 e. The van der Waals surface area contributed by atoms with Crippen LogP contribution in [-0.2, 0) is 9.53 Å². The molecule has 1 atom stereocenters. The Morgan fingerprint density at radius 1 is 1.54 bits per heavy atom. The molecular weight excluding hydrogens is 171 g/mol. The lowest BCUT2D eigenvalue weighted by Gasteiger charge is -2.35. The highest BCUT2D eigenvalue weighted by Gasteiger charge is 2.38. The number of ether oxygens (including phenoxy) is 1. The molecule has 1 aliphatic rings. The van der Waals surface area contributed by atoms with Crippen LogP contribution in [0.3, 0.4) is 0 Å². The second-order valence-corrected chi connectivity index (χ2v) is 4.38. The van der Waals surface area contributed by atoms with E-state index < -0.39 is 11.3 Å². The van der Waals surface area contributed by atoms with Crippen molar-refractivity contribution >= 4 is 6.29 Å². The summed E-state index contributed by atoms with van der Waals surface area (Å²) in [7, 11) is 0. The Balaban J connectivity index is 2.63. The first-order valence-corrected chi connectivity index (χ1v) is 4.77. The summed E-state index contributed by atoms with van der Waals surface area (Å²) in [5.41, 5.74) is -2.19. The summed E-state index contributed by atoms with van der Waals surface area (Å²) in [6.45, 7) is 3.54. The molecular formula is C10H17FO2. The molecule has 3 heteroatoms. The highest BCUT2D eigenvalue weighted by Crippen LogP contribution is 2.32. The molecule has 0 aromatic heterocycles. The van der Waals surface area contributed by atoms with Gasteiger partial charge in [0.05, 0.1) is 0 Å². The van der Waals surface area contributed by atoms with E-state index in [1.54, 1.807) is 0 Å². The van der Waals surface area contributed by atoms with Crippen LogP contribution in [0.25, 0.3) is 0 Å². The zero-order valence-electron chi connectivity index (χ0n) is 8.31. The van der Waals surface area contributed by atoms with Crippen molar-refractivity contribution in [3.05, 3.63) is 0 Å². The molecule has 0 aromatic rings. The highest BCUT2D eigenvalue weighted by molar-refractivity contribution is 5.62. The van der Waals surface area contributed by atoms with E-state index in [9.17, 15) is 9.18 Å². The van der Waals surface area contributed by atoms with E-state index in [0.717, 1.165) is 19.1 Å². The molecule has 13 heavy (non-hydrogen) atoms. The second-order valence-electron chi connectivity index (χ2n) is 4.38. The van der Waals surface area contributed by atoms with Gasteiger partial charge in [-0.1, -0.05) is 0 Å². The molecule has 76 valence electrons. The smallest absolute Gasteiger partial charge is 0.151 e. The second kappa shape index (κ2) is 3.74. The Hall–Kier alpha value is -0.440. The van der Waals surface area contributed by atoms with Gasteiger partial charge < -0.3 is 9.53 Å². The molecule has 0 N–H and O–H groups in total. The Morgan fingerprint density at radius 3 is 2.62 bits per heavy atom. The predicted molar refractivity (Wildman–Crippen MR) is 48.4 cm³/mol. The molecule has 0 aromatic carbocycles. The molecule has 0 saturated carbocycles. The molecule has 1 unspecified atom stereocenters. The Morgan fingerprint density at radius 2 is 2.23 bits per heavy atom. The number of hydrogen-bond acceptors (Lipinski definition) is 2. The normalized spacial score (nSPS) is 30.1. The molecule has 1 aliphatic heterocycles. The number of halogens is 1. The fourth-order valence-electron chi connectivity index (χ4n) is 1.86. The van der Waals surface area contributed by atoms with E-state index in [1.165, 1.54) is 13.8 Å². The Bertz CT molecular complexity index is 178. The van der Waals surface area contributed by atoms with Crippen LogP contribution in [0.2, 0.25) is 0 Å². The number of alkyl halides is 1. The number of carbonyl (C=O) groups is 1. The lowest BCUT2D eigenvalue weighted by atomic mass is 9.86. The summed E-state index contributed by atoms with van der Waals surface area (Å²) in [5.74, 6) is 0. The summed E-state index contributed by atoms with van der Waals surface area (Å²) in [5, 5.41) is 0. The number of carbonyl (C=O) groups excluding carboxylic acids is 1. The van der Waals surface area contributed by atoms with Gasteiger partial charge in [0.15, 0.2) is 6.29 Å². The lowest BCUT2D eigenvalue weighted by Crippen LogP contribution is -2.42. The minimum atomic E-state index is -1.34. The third-order valence-corrected chi connectivity index (χ3v) is 2.32. The fraction of sp³-hybridized carbons (Fsp3) is 0.900. The van der Waals surface area contributed by atoms with Crippen LogP contribution < -0.4 is 0 Å². The van der Waals surface area contributed by atoms with Gasteiger partial charge in [-0.15, -0.1) is 0 Å². The van der Waals surface area contributed by atoms with Crippen molar-refractivity contribution < 1.29 is 13.9 Å². The molecule has 1 fully saturated rings. The Kier molecular flexibility index (Phi) is 3.06. The van der Waals surface area contributed by atoms with Crippen LogP contribution in [0.1, 0.15) is 39.5 Å². The van der Waals surface area contributed by atoms with Crippen LogP contribution in [0.15, 0.2) is 0 Å². The zero-order chi connectivity index (χ0) is 9.95. The lowest BCUT2D eigenvalue weighted by molar-refractivity contribution is -0.144. The first-order valence-electron chi connectivity index (χ1n) is 4.77. The summed E-state index contributed by atoms with van der Waals surface area (Å²) >= 11 is 0. The van der Waals surface area contributed by atoms with Crippen molar-refractivity contribution in [3.63, 3.8) is 0 Å². The van der Waals surface area contributed by atoms with Crippen molar-refractivity contribution in [2.45, 2.75) is 50.8 Å². The quantitative estimate of drug-likeness (QED) is 0.635. The molecule has 1 rings (SSSR count). The summed E-state index contributed by atoms with van der Waals surface area (Å²) < 4.78 is 18.7. The predicted octanol–water partition coefficient (Wildman–Crippen LogP) is 2.26. The number of aldehydes is 1. The Labute approximate surface area is 78.5 Å². The summed E-state index contributed by atoms with van der Waals surface area (Å²) in [6, 6.07) is 0. The van der Waals surface area contributed by atoms with Crippen LogP contribution in [-0.4, -0.2) is 24.2 Å². The van der Waals surface area contributed by atoms with Crippen molar-refractivity contribution in [3.8, 4) is 0 Å². The van der Waals surface area contributed by atoms with Gasteiger partial charge in [0.2, 0.25) is 0 Å². The minimum absolute atomic E-state index is 0.170. The molecule has 0 aliphatic carbocycles. The first kappa shape index (κ1) is 10.6. The van der Waals surface area contributed by atoms with Crippen molar-refractivity contribution in [2.24, 2.45) is 0 Å². The van der Waals surface area contributed by atoms with Gasteiger partial charge in [-0.3, -0.25) is 0 Å². The summed E-state index contributed by atoms with van der Waals surface area (Å²) in [4.78, 5) is 10.9. The molecule has 0 radical (unpaired) electrons. The molecule has 0 bridgehead atoms. The fourth-order valence-corrected chi connectivity index (χ4v) is 1.86.